The van der Waals surface area contributed by atoms with Crippen molar-refractivity contribution in [1.29, 1.82) is 0 Å². The Kier molecular flexibility index (Phi) is 5.78. The molecule has 0 spiro atoms. The first kappa shape index (κ1) is 20.7. The zero-order valence-electron chi connectivity index (χ0n) is 16.4. The van der Waals surface area contributed by atoms with Gasteiger partial charge < -0.3 is 10.1 Å². The number of rotatable bonds is 5. The maximum Gasteiger partial charge on any atom is 0.348 e. The predicted molar refractivity (Wildman–Crippen MR) is 109 cm³/mol. The maximum absolute atomic E-state index is 13.0. The SMILES string of the molecule is Cc1c(C(=O)OC(C)C)sc2ncn([C@H](C)C(=O)Nc3ccc(F)cc3)c(=O)c12. The second-order valence-corrected chi connectivity index (χ2v) is 7.82. The molecule has 0 aliphatic carbocycles. The van der Waals surface area contributed by atoms with Gasteiger partial charge in [0, 0.05) is 5.69 Å². The van der Waals surface area contributed by atoms with Crippen LogP contribution in [-0.4, -0.2) is 27.5 Å². The van der Waals surface area contributed by atoms with Crippen molar-refractivity contribution in [2.24, 2.45) is 0 Å². The van der Waals surface area contributed by atoms with Crippen molar-refractivity contribution < 1.29 is 18.7 Å². The second kappa shape index (κ2) is 8.12. The molecule has 0 fully saturated rings. The lowest BCUT2D eigenvalue weighted by atomic mass is 10.2. The van der Waals surface area contributed by atoms with E-state index in [4.69, 9.17) is 4.74 Å². The number of nitrogens with one attached hydrogen (secondary N) is 1. The summed E-state index contributed by atoms with van der Waals surface area (Å²) in [5.41, 5.74) is 0.471. The molecule has 1 atom stereocenters. The summed E-state index contributed by atoms with van der Waals surface area (Å²) in [5.74, 6) is -1.37. The Bertz CT molecular complexity index is 1140. The van der Waals surface area contributed by atoms with E-state index in [2.05, 4.69) is 10.3 Å². The summed E-state index contributed by atoms with van der Waals surface area (Å²) < 4.78 is 19.4. The highest BCUT2D eigenvalue weighted by Gasteiger charge is 2.24. The number of anilines is 1. The van der Waals surface area contributed by atoms with Gasteiger partial charge in [-0.05, 0) is 57.5 Å². The molecule has 1 N–H and O–H groups in total. The van der Waals surface area contributed by atoms with E-state index in [9.17, 15) is 18.8 Å². The zero-order chi connectivity index (χ0) is 21.3. The maximum atomic E-state index is 13.0. The molecule has 0 aliphatic heterocycles. The largest absolute Gasteiger partial charge is 0.459 e. The first-order valence-corrected chi connectivity index (χ1v) is 9.78. The minimum absolute atomic E-state index is 0.285. The average Bonchev–Trinajstić information content (AvgIpc) is 3.00. The van der Waals surface area contributed by atoms with Crippen LogP contribution in [0.4, 0.5) is 10.1 Å². The minimum Gasteiger partial charge on any atom is -0.459 e. The van der Waals surface area contributed by atoms with Crippen LogP contribution in [-0.2, 0) is 9.53 Å². The summed E-state index contributed by atoms with van der Waals surface area (Å²) in [6.07, 6.45) is 1.000. The molecular weight excluding hydrogens is 397 g/mol. The van der Waals surface area contributed by atoms with Crippen molar-refractivity contribution in [3.63, 3.8) is 0 Å². The van der Waals surface area contributed by atoms with E-state index in [1.165, 1.54) is 35.2 Å². The Morgan fingerprint density at radius 1 is 1.21 bits per heavy atom. The first-order valence-electron chi connectivity index (χ1n) is 8.96. The Labute approximate surface area is 170 Å². The molecule has 3 rings (SSSR count). The average molecular weight is 417 g/mol. The smallest absolute Gasteiger partial charge is 0.348 e. The topological polar surface area (TPSA) is 90.3 Å². The van der Waals surface area contributed by atoms with Crippen LogP contribution in [0.15, 0.2) is 35.4 Å². The van der Waals surface area contributed by atoms with Gasteiger partial charge in [0.1, 0.15) is 21.6 Å². The molecule has 0 saturated heterocycles. The highest BCUT2D eigenvalue weighted by Crippen LogP contribution is 2.28. The van der Waals surface area contributed by atoms with Crippen LogP contribution in [0.1, 0.15) is 42.0 Å². The monoisotopic (exact) mass is 417 g/mol. The molecule has 0 aliphatic rings. The number of hydrogen-bond donors (Lipinski definition) is 1. The van der Waals surface area contributed by atoms with Crippen LogP contribution in [0, 0.1) is 12.7 Å². The second-order valence-electron chi connectivity index (χ2n) is 6.82. The Balaban J connectivity index is 1.93. The Morgan fingerprint density at radius 3 is 2.48 bits per heavy atom. The first-order chi connectivity index (χ1) is 13.7. The van der Waals surface area contributed by atoms with Crippen molar-refractivity contribution in [3.05, 3.63) is 57.2 Å². The van der Waals surface area contributed by atoms with Gasteiger partial charge in [-0.15, -0.1) is 11.3 Å². The fourth-order valence-corrected chi connectivity index (χ4v) is 3.80. The number of hydrogen-bond acceptors (Lipinski definition) is 6. The van der Waals surface area contributed by atoms with Crippen molar-refractivity contribution in [2.75, 3.05) is 5.32 Å². The van der Waals surface area contributed by atoms with E-state index < -0.39 is 29.3 Å². The van der Waals surface area contributed by atoms with Crippen LogP contribution in [0.2, 0.25) is 0 Å². The molecule has 152 valence electrons. The molecule has 9 heteroatoms. The summed E-state index contributed by atoms with van der Waals surface area (Å²) in [7, 11) is 0. The molecule has 7 nitrogen and oxygen atoms in total. The van der Waals surface area contributed by atoms with Crippen LogP contribution >= 0.6 is 11.3 Å². The van der Waals surface area contributed by atoms with Gasteiger partial charge in [0.25, 0.3) is 5.56 Å². The highest BCUT2D eigenvalue weighted by atomic mass is 32.1. The lowest BCUT2D eigenvalue weighted by Gasteiger charge is -2.15. The molecular formula is C20H20FN3O4S. The van der Waals surface area contributed by atoms with E-state index in [0.717, 1.165) is 11.3 Å². The fraction of sp³-hybridized carbons (Fsp3) is 0.300. The summed E-state index contributed by atoms with van der Waals surface area (Å²) in [5, 5.41) is 2.92. The number of aryl methyl sites for hydroxylation is 1. The molecule has 2 aromatic heterocycles. The molecule has 29 heavy (non-hydrogen) atoms. The summed E-state index contributed by atoms with van der Waals surface area (Å²) in [6.45, 7) is 6.70. The van der Waals surface area contributed by atoms with Gasteiger partial charge in [-0.25, -0.2) is 14.2 Å². The van der Waals surface area contributed by atoms with Gasteiger partial charge >= 0.3 is 5.97 Å². The van der Waals surface area contributed by atoms with Crippen molar-refractivity contribution in [2.45, 2.75) is 39.8 Å². The third-order valence-corrected chi connectivity index (χ3v) is 5.49. The molecule has 3 aromatic rings. The van der Waals surface area contributed by atoms with Gasteiger partial charge in [-0.2, -0.15) is 0 Å². The number of esters is 1. The quantitative estimate of drug-likeness (QED) is 0.640. The van der Waals surface area contributed by atoms with E-state index >= 15 is 0 Å². The number of aromatic nitrogens is 2. The number of benzene rings is 1. The van der Waals surface area contributed by atoms with Crippen LogP contribution in [0.3, 0.4) is 0 Å². The molecule has 1 aromatic carbocycles. The van der Waals surface area contributed by atoms with Crippen molar-refractivity contribution >= 4 is 39.1 Å². The predicted octanol–water partition coefficient (Wildman–Crippen LogP) is 3.67. The van der Waals surface area contributed by atoms with Crippen LogP contribution in [0.25, 0.3) is 10.2 Å². The zero-order valence-corrected chi connectivity index (χ0v) is 17.2. The van der Waals surface area contributed by atoms with E-state index in [1.54, 1.807) is 27.7 Å². The highest BCUT2D eigenvalue weighted by molar-refractivity contribution is 7.20. The van der Waals surface area contributed by atoms with E-state index in [1.807, 2.05) is 0 Å². The van der Waals surface area contributed by atoms with Gasteiger partial charge in [0.15, 0.2) is 0 Å². The number of ether oxygens (including phenoxy) is 1. The summed E-state index contributed by atoms with van der Waals surface area (Å²) >= 11 is 1.09. The Morgan fingerprint density at radius 2 is 1.86 bits per heavy atom. The molecule has 2 heterocycles. The van der Waals surface area contributed by atoms with Crippen molar-refractivity contribution in [1.82, 2.24) is 9.55 Å². The van der Waals surface area contributed by atoms with E-state index in [-0.39, 0.29) is 11.5 Å². The number of fused-ring (bicyclic) bond motifs is 1. The lowest BCUT2D eigenvalue weighted by molar-refractivity contribution is -0.118. The number of halogens is 1. The van der Waals surface area contributed by atoms with Crippen molar-refractivity contribution in [3.8, 4) is 0 Å². The third-order valence-electron chi connectivity index (χ3n) is 4.31. The molecule has 1 amide bonds. The number of nitrogens with zero attached hydrogens (tertiary/aromatic N) is 2. The van der Waals surface area contributed by atoms with Gasteiger partial charge in [0.2, 0.25) is 5.91 Å². The number of thiophene rings is 1. The lowest BCUT2D eigenvalue weighted by Crippen LogP contribution is -2.31. The van der Waals surface area contributed by atoms with E-state index in [0.29, 0.717) is 21.0 Å². The van der Waals surface area contributed by atoms with Crippen LogP contribution < -0.4 is 10.9 Å². The summed E-state index contributed by atoms with van der Waals surface area (Å²) in [6, 6.07) is 4.45. The Hall–Kier alpha value is -3.07. The van der Waals surface area contributed by atoms with Crippen LogP contribution in [0.5, 0.6) is 0 Å². The van der Waals surface area contributed by atoms with Gasteiger partial charge in [-0.3, -0.25) is 14.2 Å². The number of carbonyl (C=O) groups excluding carboxylic acids is 2. The minimum atomic E-state index is -0.866. The standard InChI is InChI=1S/C20H20FN3O4S/c1-10(2)28-20(27)16-11(3)15-18(29-16)22-9-24(19(15)26)12(4)17(25)23-14-7-5-13(21)6-8-14/h5-10,12H,1-4H3,(H,23,25)/t12-/m1/s1. The fourth-order valence-electron chi connectivity index (χ4n) is 2.78. The number of carbonyl (C=O) groups is 2. The molecule has 0 bridgehead atoms. The normalized spacial score (nSPS) is 12.2. The number of amides is 1. The molecule has 0 unspecified atom stereocenters. The molecule has 0 saturated carbocycles. The van der Waals surface area contributed by atoms with Gasteiger partial charge in [0.05, 0.1) is 17.8 Å². The summed E-state index contributed by atoms with van der Waals surface area (Å²) in [4.78, 5) is 42.8. The molecule has 0 radical (unpaired) electrons. The third kappa shape index (κ3) is 4.19. The van der Waals surface area contributed by atoms with Gasteiger partial charge in [-0.1, -0.05) is 0 Å².